The number of carbonyl (C=O) groups is 3. The maximum absolute atomic E-state index is 12.0. The summed E-state index contributed by atoms with van der Waals surface area (Å²) in [6.07, 6.45) is -0.00967. The second-order valence-electron chi connectivity index (χ2n) is 6.05. The summed E-state index contributed by atoms with van der Waals surface area (Å²) in [7, 11) is 0. The topological polar surface area (TPSA) is 81.7 Å². The zero-order chi connectivity index (χ0) is 20.5. The van der Waals surface area contributed by atoms with Crippen LogP contribution in [0.1, 0.15) is 22.5 Å². The average molecular weight is 409 g/mol. The predicted molar refractivity (Wildman–Crippen MR) is 110 cm³/mol. The minimum atomic E-state index is -0.591. The van der Waals surface area contributed by atoms with E-state index in [2.05, 4.69) is 5.32 Å². The highest BCUT2D eigenvalue weighted by molar-refractivity contribution is 7.12. The summed E-state index contributed by atoms with van der Waals surface area (Å²) in [5.41, 5.74) is 0.521. The third kappa shape index (κ3) is 6.58. The number of ether oxygens (including phenoxy) is 2. The van der Waals surface area contributed by atoms with Crippen LogP contribution in [0, 0.1) is 0 Å². The first-order valence-corrected chi connectivity index (χ1v) is 9.83. The van der Waals surface area contributed by atoms with Gasteiger partial charge in [-0.15, -0.1) is 11.3 Å². The average Bonchev–Trinajstić information content (AvgIpc) is 3.26. The van der Waals surface area contributed by atoms with Gasteiger partial charge in [0.25, 0.3) is 5.91 Å². The lowest BCUT2D eigenvalue weighted by Crippen LogP contribution is -2.21. The molecular formula is C22H19NO5S. The highest BCUT2D eigenvalue weighted by Crippen LogP contribution is 2.23. The number of rotatable bonds is 9. The number of para-hydroxylation sites is 1. The van der Waals surface area contributed by atoms with Crippen LogP contribution in [0.2, 0.25) is 0 Å². The van der Waals surface area contributed by atoms with Crippen LogP contribution >= 0.6 is 11.3 Å². The predicted octanol–water partition coefficient (Wildman–Crippen LogP) is 4.69. The Morgan fingerprint density at radius 1 is 0.862 bits per heavy atom. The van der Waals surface area contributed by atoms with Crippen molar-refractivity contribution in [3.63, 3.8) is 0 Å². The molecule has 7 heteroatoms. The second-order valence-corrected chi connectivity index (χ2v) is 7.00. The third-order valence-corrected chi connectivity index (χ3v) is 4.72. The molecule has 0 spiro atoms. The first kappa shape index (κ1) is 20.3. The van der Waals surface area contributed by atoms with Crippen LogP contribution in [-0.2, 0) is 14.3 Å². The molecule has 6 nitrogen and oxygen atoms in total. The maximum atomic E-state index is 12.0. The van der Waals surface area contributed by atoms with Crippen LogP contribution in [0.15, 0.2) is 72.1 Å². The van der Waals surface area contributed by atoms with Crippen molar-refractivity contribution in [2.45, 2.75) is 12.8 Å². The molecule has 0 saturated heterocycles. The monoisotopic (exact) mass is 409 g/mol. The number of carbonyl (C=O) groups excluding carboxylic acids is 3. The lowest BCUT2D eigenvalue weighted by Gasteiger charge is -2.09. The van der Waals surface area contributed by atoms with Gasteiger partial charge in [-0.25, -0.2) is 0 Å². The normalized spacial score (nSPS) is 10.2. The van der Waals surface area contributed by atoms with Crippen molar-refractivity contribution in [1.29, 1.82) is 0 Å². The van der Waals surface area contributed by atoms with Crippen molar-refractivity contribution in [3.05, 3.63) is 77.0 Å². The number of ketones is 1. The van der Waals surface area contributed by atoms with Crippen molar-refractivity contribution >= 4 is 34.7 Å². The number of esters is 1. The van der Waals surface area contributed by atoms with E-state index in [4.69, 9.17) is 9.47 Å². The second kappa shape index (κ2) is 10.2. The van der Waals surface area contributed by atoms with Gasteiger partial charge in [-0.1, -0.05) is 30.3 Å². The molecule has 0 saturated carbocycles. The Balaban J connectivity index is 1.42. The molecule has 0 atom stereocenters. The van der Waals surface area contributed by atoms with Crippen LogP contribution in [0.3, 0.4) is 0 Å². The number of thiophene rings is 1. The van der Waals surface area contributed by atoms with E-state index < -0.39 is 18.5 Å². The Hall–Kier alpha value is -3.45. The van der Waals surface area contributed by atoms with Gasteiger partial charge < -0.3 is 14.8 Å². The van der Waals surface area contributed by atoms with Crippen LogP contribution < -0.4 is 10.1 Å². The Morgan fingerprint density at radius 3 is 2.41 bits per heavy atom. The van der Waals surface area contributed by atoms with E-state index >= 15 is 0 Å². The Kier molecular flexibility index (Phi) is 7.13. The molecule has 0 aliphatic carbocycles. The van der Waals surface area contributed by atoms with Gasteiger partial charge in [0.2, 0.25) is 0 Å². The Bertz CT molecular complexity index is 970. The first-order chi connectivity index (χ1) is 14.1. The zero-order valence-corrected chi connectivity index (χ0v) is 16.3. The zero-order valence-electron chi connectivity index (χ0n) is 15.5. The quantitative estimate of drug-likeness (QED) is 0.410. The summed E-state index contributed by atoms with van der Waals surface area (Å²) >= 11 is 1.33. The van der Waals surface area contributed by atoms with Gasteiger partial charge in [-0.05, 0) is 35.7 Å². The van der Waals surface area contributed by atoms with Gasteiger partial charge in [0.1, 0.15) is 11.5 Å². The molecule has 0 aliphatic rings. The highest BCUT2D eigenvalue weighted by Gasteiger charge is 2.13. The number of benzene rings is 2. The van der Waals surface area contributed by atoms with E-state index in [1.54, 1.807) is 41.8 Å². The van der Waals surface area contributed by atoms with Gasteiger partial charge in [0.15, 0.2) is 12.4 Å². The molecule has 1 amide bonds. The molecular weight excluding hydrogens is 390 g/mol. The number of hydrogen-bond acceptors (Lipinski definition) is 6. The lowest BCUT2D eigenvalue weighted by molar-refractivity contribution is -0.147. The van der Waals surface area contributed by atoms with Crippen molar-refractivity contribution in [1.82, 2.24) is 0 Å². The molecule has 0 bridgehead atoms. The fourth-order valence-corrected chi connectivity index (χ4v) is 3.15. The third-order valence-electron chi connectivity index (χ3n) is 3.81. The lowest BCUT2D eigenvalue weighted by atomic mass is 10.2. The minimum Gasteiger partial charge on any atom is -0.457 e. The number of Topliss-reactive ketones (excluding diaryl/α,β-unsaturated/α-hetero) is 1. The minimum absolute atomic E-state index is 0.0554. The van der Waals surface area contributed by atoms with E-state index in [0.717, 1.165) is 0 Å². The van der Waals surface area contributed by atoms with E-state index in [1.165, 1.54) is 11.3 Å². The van der Waals surface area contributed by atoms with Crippen LogP contribution in [-0.4, -0.2) is 24.3 Å². The molecule has 1 N–H and O–H groups in total. The number of nitrogens with one attached hydrogen (secondary N) is 1. The van der Waals surface area contributed by atoms with E-state index in [9.17, 15) is 14.4 Å². The number of hydrogen-bond donors (Lipinski definition) is 1. The van der Waals surface area contributed by atoms with Gasteiger partial charge >= 0.3 is 5.97 Å². The summed E-state index contributed by atoms with van der Waals surface area (Å²) in [5.74, 6) is 0.0720. The highest BCUT2D eigenvalue weighted by atomic mass is 32.1. The summed E-state index contributed by atoms with van der Waals surface area (Å²) in [6, 6.07) is 19.7. The van der Waals surface area contributed by atoms with E-state index in [0.29, 0.717) is 22.1 Å². The molecule has 148 valence electrons. The van der Waals surface area contributed by atoms with Crippen molar-refractivity contribution in [2.24, 2.45) is 0 Å². The summed E-state index contributed by atoms with van der Waals surface area (Å²) in [5, 5.41) is 4.45. The fraction of sp³-hybridized carbons (Fsp3) is 0.136. The molecule has 0 unspecified atom stereocenters. The molecule has 1 heterocycles. The van der Waals surface area contributed by atoms with E-state index in [1.807, 2.05) is 30.3 Å². The Morgan fingerprint density at radius 2 is 1.66 bits per heavy atom. The van der Waals surface area contributed by atoms with E-state index in [-0.39, 0.29) is 18.6 Å². The number of anilines is 1. The first-order valence-electron chi connectivity index (χ1n) is 8.95. The molecule has 2 aromatic carbocycles. The molecule has 0 radical (unpaired) electrons. The van der Waals surface area contributed by atoms with Gasteiger partial charge in [0.05, 0.1) is 11.3 Å². The summed E-state index contributed by atoms with van der Waals surface area (Å²) in [6.45, 7) is -0.421. The summed E-state index contributed by atoms with van der Waals surface area (Å²) in [4.78, 5) is 36.2. The van der Waals surface area contributed by atoms with Crippen molar-refractivity contribution < 1.29 is 23.9 Å². The van der Waals surface area contributed by atoms with Crippen LogP contribution in [0.25, 0.3) is 0 Å². The largest absolute Gasteiger partial charge is 0.457 e. The summed E-state index contributed by atoms with van der Waals surface area (Å²) < 4.78 is 10.7. The smallest absolute Gasteiger partial charge is 0.306 e. The fourth-order valence-electron chi connectivity index (χ4n) is 2.45. The Labute approximate surface area is 172 Å². The molecule has 3 rings (SSSR count). The number of amides is 1. The standard InChI is InChI=1S/C22H19NO5S/c24-19(20-10-5-13-29-20)11-12-22(26)27-15-21(25)23-16-6-4-9-18(14-16)28-17-7-2-1-3-8-17/h1-10,13-14H,11-12,15H2,(H,23,25). The van der Waals surface area contributed by atoms with Crippen LogP contribution in [0.4, 0.5) is 5.69 Å². The molecule has 0 fully saturated rings. The van der Waals surface area contributed by atoms with Crippen LogP contribution in [0.5, 0.6) is 11.5 Å². The van der Waals surface area contributed by atoms with Gasteiger partial charge in [-0.2, -0.15) is 0 Å². The molecule has 1 aromatic heterocycles. The van der Waals surface area contributed by atoms with Crippen molar-refractivity contribution in [3.8, 4) is 11.5 Å². The van der Waals surface area contributed by atoms with Gasteiger partial charge in [-0.3, -0.25) is 14.4 Å². The molecule has 3 aromatic rings. The SMILES string of the molecule is O=C(COC(=O)CCC(=O)c1cccs1)Nc1cccc(Oc2ccccc2)c1. The molecule has 29 heavy (non-hydrogen) atoms. The maximum Gasteiger partial charge on any atom is 0.306 e. The van der Waals surface area contributed by atoms with Crippen molar-refractivity contribution in [2.75, 3.05) is 11.9 Å². The van der Waals surface area contributed by atoms with Gasteiger partial charge in [0, 0.05) is 18.2 Å². The molecule has 0 aliphatic heterocycles.